The number of epoxide rings is 2. The number of carbonyl (C=O) groups is 1. The number of carboxylic acid groups (broad SMARTS) is 1. The van der Waals surface area contributed by atoms with Crippen molar-refractivity contribution in [2.24, 2.45) is 0 Å². The Labute approximate surface area is 79.5 Å². The molecule has 2 aliphatic heterocycles. The normalized spacial score (nSPS) is 52.2. The van der Waals surface area contributed by atoms with Crippen molar-refractivity contribution in [3.05, 3.63) is 12.2 Å². The minimum absolute atomic E-state index is 0.113. The van der Waals surface area contributed by atoms with E-state index in [0.717, 1.165) is 6.08 Å². The summed E-state index contributed by atoms with van der Waals surface area (Å²) in [5, 5.41) is 17.3. The topological polar surface area (TPSA) is 86.2 Å². The van der Waals surface area contributed by atoms with Crippen molar-refractivity contribution in [2.75, 3.05) is 0 Å². The molecule has 1 N–H and O–H groups in total. The smallest absolute Gasteiger partial charge is 0.328 e. The van der Waals surface area contributed by atoms with Gasteiger partial charge in [-0.15, -0.1) is 0 Å². The molecule has 3 fully saturated rings. The Hall–Kier alpha value is -1.38. The van der Waals surface area contributed by atoms with Gasteiger partial charge in [0, 0.05) is 12.5 Å². The van der Waals surface area contributed by atoms with Crippen molar-refractivity contribution in [1.29, 1.82) is 5.26 Å². The van der Waals surface area contributed by atoms with E-state index in [2.05, 4.69) is 6.07 Å². The average Bonchev–Trinajstić information content (AvgIpc) is 3.01. The number of ether oxygens (including phenoxy) is 2. The second kappa shape index (κ2) is 2.00. The van der Waals surface area contributed by atoms with E-state index < -0.39 is 17.2 Å². The van der Waals surface area contributed by atoms with Crippen LogP contribution in [0.3, 0.4) is 0 Å². The fourth-order valence-electron chi connectivity index (χ4n) is 2.25. The van der Waals surface area contributed by atoms with Crippen LogP contribution in [0.1, 0.15) is 6.42 Å². The minimum Gasteiger partial charge on any atom is -0.478 e. The molecule has 0 bridgehead atoms. The fraction of sp³-hybridized carbons (Fsp3) is 0.556. The van der Waals surface area contributed by atoms with Crippen LogP contribution in [0.4, 0.5) is 0 Å². The molecule has 5 nitrogen and oxygen atoms in total. The van der Waals surface area contributed by atoms with Gasteiger partial charge in [0.15, 0.2) is 5.60 Å². The van der Waals surface area contributed by atoms with Crippen LogP contribution in [0.5, 0.6) is 0 Å². The standard InChI is InChI=1S/C9H7NO4/c10-4-9-3-8(2-1-5(11)12)6(13-8)7(9)14-9/h1-2,6-7H,3H2,(H,11,12)/b2-1+/t6-,7+,8+,9+/m0/s1. The lowest BCUT2D eigenvalue weighted by Gasteiger charge is -2.04. The van der Waals surface area contributed by atoms with Crippen LogP contribution in [0.15, 0.2) is 12.2 Å². The van der Waals surface area contributed by atoms with Gasteiger partial charge in [-0.25, -0.2) is 4.79 Å². The molecule has 5 heteroatoms. The molecule has 2 heterocycles. The molecule has 3 aliphatic rings. The van der Waals surface area contributed by atoms with Gasteiger partial charge in [-0.05, 0) is 6.08 Å². The van der Waals surface area contributed by atoms with Crippen LogP contribution in [0.25, 0.3) is 0 Å². The zero-order valence-corrected chi connectivity index (χ0v) is 7.14. The van der Waals surface area contributed by atoms with E-state index in [4.69, 9.17) is 19.8 Å². The average molecular weight is 193 g/mol. The van der Waals surface area contributed by atoms with E-state index in [1.165, 1.54) is 6.08 Å². The molecule has 2 saturated heterocycles. The van der Waals surface area contributed by atoms with E-state index >= 15 is 0 Å². The van der Waals surface area contributed by atoms with Crippen molar-refractivity contribution < 1.29 is 19.4 Å². The van der Waals surface area contributed by atoms with Crippen molar-refractivity contribution in [2.45, 2.75) is 29.8 Å². The maximum atomic E-state index is 10.3. The fourth-order valence-corrected chi connectivity index (χ4v) is 2.25. The van der Waals surface area contributed by atoms with Gasteiger partial charge in [0.05, 0.1) is 0 Å². The quantitative estimate of drug-likeness (QED) is 0.486. The summed E-state index contributed by atoms with van der Waals surface area (Å²) in [7, 11) is 0. The zero-order valence-electron chi connectivity index (χ0n) is 7.14. The van der Waals surface area contributed by atoms with Gasteiger partial charge in [0.1, 0.15) is 23.9 Å². The second-order valence-corrected chi connectivity index (χ2v) is 3.88. The number of hydrogen-bond donors (Lipinski definition) is 1. The Morgan fingerprint density at radius 3 is 2.93 bits per heavy atom. The van der Waals surface area contributed by atoms with Gasteiger partial charge in [0.2, 0.25) is 0 Å². The lowest BCUT2D eigenvalue weighted by molar-refractivity contribution is -0.131. The number of nitrogens with zero attached hydrogens (tertiary/aromatic N) is 1. The second-order valence-electron chi connectivity index (χ2n) is 3.88. The molecular weight excluding hydrogens is 186 g/mol. The highest BCUT2D eigenvalue weighted by Gasteiger charge is 2.83. The van der Waals surface area contributed by atoms with E-state index in [1.807, 2.05) is 0 Å². The van der Waals surface area contributed by atoms with Crippen LogP contribution < -0.4 is 0 Å². The zero-order chi connectivity index (χ0) is 9.97. The van der Waals surface area contributed by atoms with E-state index in [-0.39, 0.29) is 12.2 Å². The number of carboxylic acids is 1. The molecule has 0 amide bonds. The molecule has 1 saturated carbocycles. The Kier molecular flexibility index (Phi) is 1.14. The van der Waals surface area contributed by atoms with Crippen LogP contribution in [0, 0.1) is 11.3 Å². The third-order valence-electron chi connectivity index (χ3n) is 3.02. The maximum Gasteiger partial charge on any atom is 0.328 e. The summed E-state index contributed by atoms with van der Waals surface area (Å²) in [5.41, 5.74) is -1.22. The van der Waals surface area contributed by atoms with Gasteiger partial charge >= 0.3 is 5.97 Å². The van der Waals surface area contributed by atoms with Gasteiger partial charge in [0.25, 0.3) is 0 Å². The summed E-state index contributed by atoms with van der Waals surface area (Å²) in [6, 6.07) is 2.10. The van der Waals surface area contributed by atoms with E-state index in [9.17, 15) is 4.79 Å². The summed E-state index contributed by atoms with van der Waals surface area (Å²) in [6.07, 6.45) is 2.78. The highest BCUT2D eigenvalue weighted by Crippen LogP contribution is 2.65. The van der Waals surface area contributed by atoms with Gasteiger partial charge in [-0.1, -0.05) is 0 Å². The summed E-state index contributed by atoms with van der Waals surface area (Å²) in [4.78, 5) is 10.3. The van der Waals surface area contributed by atoms with E-state index in [1.54, 1.807) is 0 Å². The van der Waals surface area contributed by atoms with Crippen LogP contribution >= 0.6 is 0 Å². The Morgan fingerprint density at radius 2 is 2.36 bits per heavy atom. The van der Waals surface area contributed by atoms with Crippen LogP contribution in [-0.4, -0.2) is 34.5 Å². The van der Waals surface area contributed by atoms with Crippen molar-refractivity contribution in [1.82, 2.24) is 0 Å². The first kappa shape index (κ1) is 7.97. The van der Waals surface area contributed by atoms with Crippen molar-refractivity contribution >= 4 is 5.97 Å². The van der Waals surface area contributed by atoms with Gasteiger partial charge < -0.3 is 14.6 Å². The van der Waals surface area contributed by atoms with Crippen molar-refractivity contribution in [3.63, 3.8) is 0 Å². The molecular formula is C9H7NO4. The molecule has 1 aliphatic carbocycles. The molecule has 14 heavy (non-hydrogen) atoms. The first-order valence-electron chi connectivity index (χ1n) is 4.31. The largest absolute Gasteiger partial charge is 0.478 e. The first-order chi connectivity index (χ1) is 6.62. The van der Waals surface area contributed by atoms with E-state index in [0.29, 0.717) is 6.42 Å². The molecule has 72 valence electrons. The number of rotatable bonds is 2. The summed E-state index contributed by atoms with van der Waals surface area (Å²) in [5.74, 6) is -0.999. The number of fused-ring (bicyclic) bond motifs is 3. The highest BCUT2D eigenvalue weighted by atomic mass is 16.7. The Bertz CT molecular complexity index is 398. The number of nitriles is 1. The molecule has 0 unspecified atom stereocenters. The molecule has 0 aromatic rings. The van der Waals surface area contributed by atoms with Gasteiger partial charge in [-0.2, -0.15) is 5.26 Å². The predicted octanol–water partition coefficient (Wildman–Crippen LogP) is -0.170. The molecule has 0 spiro atoms. The monoisotopic (exact) mass is 193 g/mol. The molecule has 0 aromatic carbocycles. The predicted molar refractivity (Wildman–Crippen MR) is 42.2 cm³/mol. The summed E-state index contributed by atoms with van der Waals surface area (Å²) < 4.78 is 10.6. The molecule has 4 atom stereocenters. The molecule has 3 rings (SSSR count). The first-order valence-corrected chi connectivity index (χ1v) is 4.31. The third kappa shape index (κ3) is 0.775. The SMILES string of the molecule is N#C[C@]12C[C@@]3(/C=C/C(=O)O)O[C@H]3[C@H]1O2. The minimum atomic E-state index is -0.999. The maximum absolute atomic E-state index is 10.3. The summed E-state index contributed by atoms with van der Waals surface area (Å²) in [6.45, 7) is 0. The number of hydrogen-bond acceptors (Lipinski definition) is 4. The van der Waals surface area contributed by atoms with Gasteiger partial charge in [-0.3, -0.25) is 0 Å². The Morgan fingerprint density at radius 1 is 1.57 bits per heavy atom. The Balaban J connectivity index is 1.80. The highest BCUT2D eigenvalue weighted by molar-refractivity contribution is 5.80. The molecule has 0 radical (unpaired) electrons. The lowest BCUT2D eigenvalue weighted by Crippen LogP contribution is -2.16. The van der Waals surface area contributed by atoms with Crippen LogP contribution in [-0.2, 0) is 14.3 Å². The lowest BCUT2D eigenvalue weighted by atomic mass is 10.0. The number of aliphatic carboxylic acids is 1. The summed E-state index contributed by atoms with van der Waals surface area (Å²) >= 11 is 0. The van der Waals surface area contributed by atoms with Crippen LogP contribution in [0.2, 0.25) is 0 Å². The van der Waals surface area contributed by atoms with Crippen molar-refractivity contribution in [3.8, 4) is 6.07 Å². The molecule has 0 aromatic heterocycles. The third-order valence-corrected chi connectivity index (χ3v) is 3.02.